The summed E-state index contributed by atoms with van der Waals surface area (Å²) in [4.78, 5) is 6.90. The summed E-state index contributed by atoms with van der Waals surface area (Å²) in [6.45, 7) is 6.30. The minimum absolute atomic E-state index is 0.157. The standard InChI is InChI=1S/C14H25N3O/c1-11-12(2)17(4)13(15-11)8-16(3)9-14(10-18)6-5-7-14/h18H,5-10H2,1-4H3. The highest BCUT2D eigenvalue weighted by Crippen LogP contribution is 2.40. The van der Waals surface area contributed by atoms with E-state index in [0.29, 0.717) is 6.61 Å². The number of aromatic nitrogens is 2. The number of nitrogens with zero attached hydrogens (tertiary/aromatic N) is 3. The van der Waals surface area contributed by atoms with Crippen molar-refractivity contribution in [1.29, 1.82) is 0 Å². The van der Waals surface area contributed by atoms with Gasteiger partial charge in [-0.3, -0.25) is 4.90 Å². The summed E-state index contributed by atoms with van der Waals surface area (Å²) in [5.74, 6) is 1.11. The zero-order valence-corrected chi connectivity index (χ0v) is 12.0. The van der Waals surface area contributed by atoms with Crippen LogP contribution >= 0.6 is 0 Å². The molecule has 0 atom stereocenters. The minimum atomic E-state index is 0.157. The maximum atomic E-state index is 9.51. The van der Waals surface area contributed by atoms with E-state index in [1.807, 2.05) is 0 Å². The molecule has 4 nitrogen and oxygen atoms in total. The monoisotopic (exact) mass is 251 g/mol. The zero-order valence-electron chi connectivity index (χ0n) is 12.0. The summed E-state index contributed by atoms with van der Waals surface area (Å²) in [5, 5.41) is 9.51. The molecule has 0 saturated heterocycles. The van der Waals surface area contributed by atoms with E-state index in [1.54, 1.807) is 0 Å². The molecule has 0 bridgehead atoms. The van der Waals surface area contributed by atoms with Gasteiger partial charge in [-0.15, -0.1) is 0 Å². The van der Waals surface area contributed by atoms with E-state index < -0.39 is 0 Å². The molecule has 4 heteroatoms. The Hall–Kier alpha value is -0.870. The molecule has 0 amide bonds. The molecule has 0 unspecified atom stereocenters. The second-order valence-corrected chi connectivity index (χ2v) is 5.94. The van der Waals surface area contributed by atoms with Gasteiger partial charge in [0, 0.05) is 31.3 Å². The van der Waals surface area contributed by atoms with Gasteiger partial charge in [-0.2, -0.15) is 0 Å². The van der Waals surface area contributed by atoms with E-state index in [2.05, 4.69) is 42.4 Å². The van der Waals surface area contributed by atoms with Crippen molar-refractivity contribution in [3.8, 4) is 0 Å². The Morgan fingerprint density at radius 1 is 1.39 bits per heavy atom. The maximum Gasteiger partial charge on any atom is 0.123 e. The molecular weight excluding hydrogens is 226 g/mol. The van der Waals surface area contributed by atoms with Crippen molar-refractivity contribution in [1.82, 2.24) is 14.5 Å². The normalized spacial score (nSPS) is 18.1. The van der Waals surface area contributed by atoms with Crippen LogP contribution in [0, 0.1) is 19.3 Å². The first-order valence-corrected chi connectivity index (χ1v) is 6.76. The highest BCUT2D eigenvalue weighted by atomic mass is 16.3. The lowest BCUT2D eigenvalue weighted by Crippen LogP contribution is -2.43. The summed E-state index contributed by atoms with van der Waals surface area (Å²) < 4.78 is 2.16. The molecule has 1 aromatic heterocycles. The second kappa shape index (κ2) is 5.02. The first kappa shape index (κ1) is 13.6. The smallest absolute Gasteiger partial charge is 0.123 e. The van der Waals surface area contributed by atoms with Crippen molar-refractivity contribution in [3.63, 3.8) is 0 Å². The Bertz CT molecular complexity index is 415. The fourth-order valence-corrected chi connectivity index (χ4v) is 2.84. The molecule has 1 saturated carbocycles. The molecule has 0 radical (unpaired) electrons. The van der Waals surface area contributed by atoms with Crippen LogP contribution in [0.5, 0.6) is 0 Å². The van der Waals surface area contributed by atoms with Gasteiger partial charge in [0.1, 0.15) is 5.82 Å². The van der Waals surface area contributed by atoms with Crippen LogP contribution in [-0.2, 0) is 13.6 Å². The first-order valence-electron chi connectivity index (χ1n) is 6.76. The van der Waals surface area contributed by atoms with Crippen LogP contribution in [0.3, 0.4) is 0 Å². The van der Waals surface area contributed by atoms with Crippen LogP contribution in [0.2, 0.25) is 0 Å². The van der Waals surface area contributed by atoms with Crippen molar-refractivity contribution in [2.45, 2.75) is 39.7 Å². The van der Waals surface area contributed by atoms with Crippen LogP contribution in [0.1, 0.15) is 36.5 Å². The molecule has 1 aliphatic carbocycles. The molecule has 1 aliphatic rings. The summed E-state index contributed by atoms with van der Waals surface area (Å²) >= 11 is 0. The van der Waals surface area contributed by atoms with Crippen molar-refractivity contribution in [2.24, 2.45) is 12.5 Å². The SMILES string of the molecule is Cc1nc(CN(C)CC2(CO)CCC2)n(C)c1C. The third-order valence-electron chi connectivity index (χ3n) is 4.48. The van der Waals surface area contributed by atoms with Crippen molar-refractivity contribution < 1.29 is 5.11 Å². The third kappa shape index (κ3) is 2.45. The zero-order chi connectivity index (χ0) is 13.3. The van der Waals surface area contributed by atoms with Crippen molar-refractivity contribution in [3.05, 3.63) is 17.2 Å². The van der Waals surface area contributed by atoms with Crippen LogP contribution in [0.25, 0.3) is 0 Å². The maximum absolute atomic E-state index is 9.51. The quantitative estimate of drug-likeness (QED) is 0.865. The van der Waals surface area contributed by atoms with Gasteiger partial charge >= 0.3 is 0 Å². The molecule has 0 spiro atoms. The summed E-state index contributed by atoms with van der Waals surface area (Å²) in [7, 11) is 4.19. The number of hydrogen-bond acceptors (Lipinski definition) is 3. The van der Waals surface area contributed by atoms with Gasteiger partial charge in [-0.05, 0) is 33.7 Å². The molecule has 0 aromatic carbocycles. The van der Waals surface area contributed by atoms with Crippen molar-refractivity contribution in [2.75, 3.05) is 20.2 Å². The van der Waals surface area contributed by atoms with Gasteiger partial charge in [0.2, 0.25) is 0 Å². The van der Waals surface area contributed by atoms with Gasteiger partial charge in [0.05, 0.1) is 12.2 Å². The largest absolute Gasteiger partial charge is 0.396 e. The van der Waals surface area contributed by atoms with Crippen molar-refractivity contribution >= 4 is 0 Å². The molecule has 102 valence electrons. The molecule has 1 aromatic rings. The van der Waals surface area contributed by atoms with E-state index in [4.69, 9.17) is 0 Å². The minimum Gasteiger partial charge on any atom is -0.396 e. The van der Waals surface area contributed by atoms with Crippen LogP contribution < -0.4 is 0 Å². The van der Waals surface area contributed by atoms with Gasteiger partial charge in [-0.1, -0.05) is 6.42 Å². The van der Waals surface area contributed by atoms with Gasteiger partial charge < -0.3 is 9.67 Å². The predicted molar refractivity (Wildman–Crippen MR) is 72.4 cm³/mol. The second-order valence-electron chi connectivity index (χ2n) is 5.94. The number of aliphatic hydroxyl groups is 1. The van der Waals surface area contributed by atoms with E-state index in [-0.39, 0.29) is 5.41 Å². The highest BCUT2D eigenvalue weighted by Gasteiger charge is 2.37. The molecule has 0 aliphatic heterocycles. The molecule has 1 N–H and O–H groups in total. The van der Waals surface area contributed by atoms with E-state index in [0.717, 1.165) is 37.4 Å². The third-order valence-corrected chi connectivity index (χ3v) is 4.48. The number of imidazole rings is 1. The van der Waals surface area contributed by atoms with E-state index >= 15 is 0 Å². The Morgan fingerprint density at radius 2 is 2.06 bits per heavy atom. The Balaban J connectivity index is 1.98. The van der Waals surface area contributed by atoms with Crippen LogP contribution in [-0.4, -0.2) is 39.8 Å². The summed E-state index contributed by atoms with van der Waals surface area (Å²) in [6.07, 6.45) is 3.58. The Kier molecular flexibility index (Phi) is 3.78. The lowest BCUT2D eigenvalue weighted by molar-refractivity contribution is 0.0120. The molecule has 18 heavy (non-hydrogen) atoms. The van der Waals surface area contributed by atoms with Gasteiger partial charge in [0.15, 0.2) is 0 Å². The lowest BCUT2D eigenvalue weighted by Gasteiger charge is -2.42. The van der Waals surface area contributed by atoms with Crippen LogP contribution in [0.15, 0.2) is 0 Å². The Morgan fingerprint density at radius 3 is 2.44 bits per heavy atom. The average molecular weight is 251 g/mol. The first-order chi connectivity index (χ1) is 8.47. The fourth-order valence-electron chi connectivity index (χ4n) is 2.84. The number of hydrogen-bond donors (Lipinski definition) is 1. The molecular formula is C14H25N3O. The van der Waals surface area contributed by atoms with Gasteiger partial charge in [0.25, 0.3) is 0 Å². The highest BCUT2D eigenvalue weighted by molar-refractivity contribution is 5.13. The fraction of sp³-hybridized carbons (Fsp3) is 0.786. The molecule has 1 heterocycles. The summed E-state index contributed by atoms with van der Waals surface area (Å²) in [6, 6.07) is 0. The van der Waals surface area contributed by atoms with Gasteiger partial charge in [-0.25, -0.2) is 4.98 Å². The number of aliphatic hydroxyl groups excluding tert-OH is 1. The van der Waals surface area contributed by atoms with E-state index in [9.17, 15) is 5.11 Å². The number of rotatable bonds is 5. The van der Waals surface area contributed by atoms with E-state index in [1.165, 1.54) is 12.1 Å². The van der Waals surface area contributed by atoms with Crippen LogP contribution in [0.4, 0.5) is 0 Å². The average Bonchev–Trinajstić information content (AvgIpc) is 2.52. The number of aryl methyl sites for hydroxylation is 1. The lowest BCUT2D eigenvalue weighted by atomic mass is 9.69. The molecule has 2 rings (SSSR count). The summed E-state index contributed by atoms with van der Waals surface area (Å²) in [5.41, 5.74) is 2.50. The topological polar surface area (TPSA) is 41.3 Å². The Labute approximate surface area is 110 Å². The molecule has 1 fully saturated rings. The predicted octanol–water partition coefficient (Wildman–Crippen LogP) is 1.63.